The lowest BCUT2D eigenvalue weighted by Gasteiger charge is -2.18. The maximum atomic E-state index is 8.84. The molecule has 2 aromatic heterocycles. The Balaban J connectivity index is 2.03. The van der Waals surface area contributed by atoms with Gasteiger partial charge in [0.1, 0.15) is 5.82 Å². The van der Waals surface area contributed by atoms with Gasteiger partial charge in [0, 0.05) is 31.2 Å². The zero-order chi connectivity index (χ0) is 12.8. The van der Waals surface area contributed by atoms with E-state index >= 15 is 0 Å². The number of hydrogen-bond donors (Lipinski definition) is 1. The first-order valence-electron chi connectivity index (χ1n) is 5.90. The van der Waals surface area contributed by atoms with E-state index in [0.29, 0.717) is 5.56 Å². The van der Waals surface area contributed by atoms with Gasteiger partial charge < -0.3 is 9.88 Å². The van der Waals surface area contributed by atoms with Crippen LogP contribution in [0.3, 0.4) is 0 Å². The second-order valence-electron chi connectivity index (χ2n) is 4.05. The summed E-state index contributed by atoms with van der Waals surface area (Å²) in [6, 6.07) is 5.83. The predicted molar refractivity (Wildman–Crippen MR) is 68.9 cm³/mol. The Kier molecular flexibility index (Phi) is 3.92. The predicted octanol–water partition coefficient (Wildman–Crippen LogP) is 2.04. The number of imidazole rings is 1. The monoisotopic (exact) mass is 241 g/mol. The van der Waals surface area contributed by atoms with E-state index in [1.54, 1.807) is 30.9 Å². The van der Waals surface area contributed by atoms with E-state index < -0.39 is 0 Å². The SMILES string of the molecule is CC[C@@H](Cn1ccnc1)Nc1cc(C#N)ccn1. The normalized spacial score (nSPS) is 11.8. The number of anilines is 1. The van der Waals surface area contributed by atoms with Crippen molar-refractivity contribution in [2.75, 3.05) is 5.32 Å². The highest BCUT2D eigenvalue weighted by Gasteiger charge is 2.07. The Bertz CT molecular complexity index is 527. The lowest BCUT2D eigenvalue weighted by Crippen LogP contribution is -2.24. The third-order valence-corrected chi connectivity index (χ3v) is 2.72. The first-order chi connectivity index (χ1) is 8.81. The largest absolute Gasteiger partial charge is 0.366 e. The fraction of sp³-hybridized carbons (Fsp3) is 0.308. The van der Waals surface area contributed by atoms with Crippen LogP contribution in [0.4, 0.5) is 5.82 Å². The molecule has 0 radical (unpaired) electrons. The summed E-state index contributed by atoms with van der Waals surface area (Å²) >= 11 is 0. The zero-order valence-corrected chi connectivity index (χ0v) is 10.2. The molecule has 0 aliphatic heterocycles. The Hall–Kier alpha value is -2.35. The molecule has 0 amide bonds. The zero-order valence-electron chi connectivity index (χ0n) is 10.2. The molecule has 0 saturated heterocycles. The minimum atomic E-state index is 0.264. The van der Waals surface area contributed by atoms with Gasteiger partial charge in [-0.3, -0.25) is 0 Å². The first kappa shape index (κ1) is 12.1. The average Bonchev–Trinajstić information content (AvgIpc) is 2.91. The topological polar surface area (TPSA) is 66.5 Å². The number of nitrogens with one attached hydrogen (secondary N) is 1. The maximum absolute atomic E-state index is 8.84. The smallest absolute Gasteiger partial charge is 0.127 e. The van der Waals surface area contributed by atoms with Crippen molar-refractivity contribution in [1.82, 2.24) is 14.5 Å². The van der Waals surface area contributed by atoms with E-state index in [1.807, 2.05) is 10.8 Å². The Morgan fingerprint density at radius 3 is 3.06 bits per heavy atom. The van der Waals surface area contributed by atoms with Crippen LogP contribution in [0.2, 0.25) is 0 Å². The van der Waals surface area contributed by atoms with E-state index in [-0.39, 0.29) is 6.04 Å². The molecule has 0 fully saturated rings. The van der Waals surface area contributed by atoms with Gasteiger partial charge in [0.2, 0.25) is 0 Å². The van der Waals surface area contributed by atoms with Gasteiger partial charge in [-0.2, -0.15) is 5.26 Å². The Morgan fingerprint density at radius 1 is 1.50 bits per heavy atom. The summed E-state index contributed by atoms with van der Waals surface area (Å²) in [6.45, 7) is 2.94. The minimum absolute atomic E-state index is 0.264. The average molecular weight is 241 g/mol. The molecule has 5 heteroatoms. The van der Waals surface area contributed by atoms with Gasteiger partial charge in [-0.25, -0.2) is 9.97 Å². The molecule has 92 valence electrons. The van der Waals surface area contributed by atoms with Gasteiger partial charge in [-0.15, -0.1) is 0 Å². The van der Waals surface area contributed by atoms with E-state index in [9.17, 15) is 0 Å². The van der Waals surface area contributed by atoms with Gasteiger partial charge in [0.25, 0.3) is 0 Å². The van der Waals surface area contributed by atoms with Crippen molar-refractivity contribution < 1.29 is 0 Å². The Morgan fingerprint density at radius 2 is 2.39 bits per heavy atom. The van der Waals surface area contributed by atoms with Crippen molar-refractivity contribution in [3.05, 3.63) is 42.6 Å². The molecule has 0 aliphatic carbocycles. The molecule has 1 N–H and O–H groups in total. The Labute approximate surface area is 106 Å². The van der Waals surface area contributed by atoms with Gasteiger partial charge in [0.05, 0.1) is 18.0 Å². The third-order valence-electron chi connectivity index (χ3n) is 2.72. The van der Waals surface area contributed by atoms with E-state index in [1.165, 1.54) is 0 Å². The molecule has 2 aromatic rings. The number of aromatic nitrogens is 3. The molecule has 0 spiro atoms. The van der Waals surface area contributed by atoms with Crippen LogP contribution in [-0.4, -0.2) is 20.6 Å². The van der Waals surface area contributed by atoms with Crippen molar-refractivity contribution in [2.24, 2.45) is 0 Å². The van der Waals surface area contributed by atoms with Crippen LogP contribution in [0.25, 0.3) is 0 Å². The molecular formula is C13H15N5. The molecule has 18 heavy (non-hydrogen) atoms. The summed E-state index contributed by atoms with van der Waals surface area (Å²) in [5, 5.41) is 12.2. The molecule has 2 heterocycles. The molecule has 0 aromatic carbocycles. The summed E-state index contributed by atoms with van der Waals surface area (Å²) in [6.07, 6.45) is 8.11. The van der Waals surface area contributed by atoms with Gasteiger partial charge in [-0.05, 0) is 18.6 Å². The number of hydrogen-bond acceptors (Lipinski definition) is 4. The summed E-state index contributed by atoms with van der Waals surface area (Å²) in [5.41, 5.74) is 0.616. The van der Waals surface area contributed by atoms with Crippen molar-refractivity contribution in [3.63, 3.8) is 0 Å². The summed E-state index contributed by atoms with van der Waals surface area (Å²) in [7, 11) is 0. The van der Waals surface area contributed by atoms with Crippen LogP contribution in [0.5, 0.6) is 0 Å². The number of rotatable bonds is 5. The standard InChI is InChI=1S/C13H15N5/c1-2-12(9-18-6-5-15-10-18)17-13-7-11(8-14)3-4-16-13/h3-7,10,12H,2,9H2,1H3,(H,16,17)/t12-/m0/s1. The molecule has 2 rings (SSSR count). The van der Waals surface area contributed by atoms with Crippen molar-refractivity contribution in [1.29, 1.82) is 5.26 Å². The lowest BCUT2D eigenvalue weighted by molar-refractivity contribution is 0.567. The highest BCUT2D eigenvalue weighted by Crippen LogP contribution is 2.10. The minimum Gasteiger partial charge on any atom is -0.366 e. The van der Waals surface area contributed by atoms with E-state index in [4.69, 9.17) is 5.26 Å². The molecule has 0 aliphatic rings. The summed E-state index contributed by atoms with van der Waals surface area (Å²) < 4.78 is 2.02. The molecular weight excluding hydrogens is 226 g/mol. The van der Waals surface area contributed by atoms with Gasteiger partial charge >= 0.3 is 0 Å². The van der Waals surface area contributed by atoms with Crippen LogP contribution < -0.4 is 5.32 Å². The molecule has 0 bridgehead atoms. The molecule has 0 unspecified atom stereocenters. The van der Waals surface area contributed by atoms with Gasteiger partial charge in [-0.1, -0.05) is 6.92 Å². The van der Waals surface area contributed by atoms with Gasteiger partial charge in [0.15, 0.2) is 0 Å². The molecule has 0 saturated carbocycles. The lowest BCUT2D eigenvalue weighted by atomic mass is 10.2. The number of pyridine rings is 1. The highest BCUT2D eigenvalue weighted by atomic mass is 15.1. The number of nitrogens with zero attached hydrogens (tertiary/aromatic N) is 4. The maximum Gasteiger partial charge on any atom is 0.127 e. The molecule has 1 atom stereocenters. The van der Waals surface area contributed by atoms with Crippen LogP contribution in [0.15, 0.2) is 37.1 Å². The van der Waals surface area contributed by atoms with Crippen LogP contribution in [-0.2, 0) is 6.54 Å². The third kappa shape index (κ3) is 3.08. The van der Waals surface area contributed by atoms with Crippen molar-refractivity contribution in [2.45, 2.75) is 25.9 Å². The van der Waals surface area contributed by atoms with E-state index in [0.717, 1.165) is 18.8 Å². The first-order valence-corrected chi connectivity index (χ1v) is 5.90. The van der Waals surface area contributed by atoms with Crippen LogP contribution in [0.1, 0.15) is 18.9 Å². The highest BCUT2D eigenvalue weighted by molar-refractivity contribution is 5.42. The number of nitriles is 1. The van der Waals surface area contributed by atoms with Crippen molar-refractivity contribution in [3.8, 4) is 6.07 Å². The molecule has 5 nitrogen and oxygen atoms in total. The quantitative estimate of drug-likeness (QED) is 0.869. The van der Waals surface area contributed by atoms with Crippen molar-refractivity contribution >= 4 is 5.82 Å². The fourth-order valence-corrected chi connectivity index (χ4v) is 1.71. The van der Waals surface area contributed by atoms with Crippen LogP contribution >= 0.6 is 0 Å². The summed E-state index contributed by atoms with van der Waals surface area (Å²) in [4.78, 5) is 8.24. The van der Waals surface area contributed by atoms with Crippen LogP contribution in [0, 0.1) is 11.3 Å². The second kappa shape index (κ2) is 5.82. The second-order valence-corrected chi connectivity index (χ2v) is 4.05. The summed E-state index contributed by atoms with van der Waals surface area (Å²) in [5.74, 6) is 0.737. The fourth-order valence-electron chi connectivity index (χ4n) is 1.71. The van der Waals surface area contributed by atoms with E-state index in [2.05, 4.69) is 28.3 Å².